The molecule has 0 radical (unpaired) electrons. The van der Waals surface area contributed by atoms with Crippen LogP contribution in [0.4, 0.5) is 5.82 Å². The molecule has 0 spiro atoms. The van der Waals surface area contributed by atoms with Crippen molar-refractivity contribution in [2.45, 2.75) is 51.0 Å². The van der Waals surface area contributed by atoms with Gasteiger partial charge in [-0.2, -0.15) is 0 Å². The summed E-state index contributed by atoms with van der Waals surface area (Å²) in [4.78, 5) is 2.38. The van der Waals surface area contributed by atoms with E-state index < -0.39 is 0 Å². The van der Waals surface area contributed by atoms with Gasteiger partial charge in [0.25, 0.3) is 0 Å². The first-order chi connectivity index (χ1) is 12.2. The molecule has 1 N–H and O–H groups in total. The maximum absolute atomic E-state index is 4.48. The number of hydrogen-bond donors (Lipinski definition) is 1. The number of rotatable bonds is 4. The van der Waals surface area contributed by atoms with Crippen molar-refractivity contribution in [3.05, 3.63) is 41.5 Å². The SMILES string of the molecule is Cc1cc(-c2ccc(C3CCC3)cc2)nnc1N[C@@H]1CCCN(C)C1. The Bertz CT molecular complexity index is 721. The van der Waals surface area contributed by atoms with Crippen LogP contribution in [-0.4, -0.2) is 41.3 Å². The fraction of sp³-hybridized carbons (Fsp3) is 0.524. The fourth-order valence-corrected chi connectivity index (χ4v) is 3.91. The first-order valence-corrected chi connectivity index (χ1v) is 9.59. The Hall–Kier alpha value is -1.94. The molecule has 1 saturated carbocycles. The molecule has 2 aliphatic rings. The van der Waals surface area contributed by atoms with Crippen molar-refractivity contribution in [3.8, 4) is 11.3 Å². The summed E-state index contributed by atoms with van der Waals surface area (Å²) in [5.74, 6) is 1.71. The van der Waals surface area contributed by atoms with Crippen molar-refractivity contribution in [1.29, 1.82) is 0 Å². The van der Waals surface area contributed by atoms with Crippen LogP contribution in [0.25, 0.3) is 11.3 Å². The quantitative estimate of drug-likeness (QED) is 0.907. The predicted molar refractivity (Wildman–Crippen MR) is 103 cm³/mol. The Morgan fingerprint density at radius 2 is 1.84 bits per heavy atom. The smallest absolute Gasteiger partial charge is 0.151 e. The molecule has 4 nitrogen and oxygen atoms in total. The zero-order chi connectivity index (χ0) is 17.2. The second-order valence-corrected chi connectivity index (χ2v) is 7.76. The maximum Gasteiger partial charge on any atom is 0.151 e. The molecule has 132 valence electrons. The lowest BCUT2D eigenvalue weighted by Gasteiger charge is -2.30. The Morgan fingerprint density at radius 1 is 1.04 bits per heavy atom. The Labute approximate surface area is 150 Å². The molecular weight excluding hydrogens is 308 g/mol. The normalized spacial score (nSPS) is 21.8. The lowest BCUT2D eigenvalue weighted by Crippen LogP contribution is -2.40. The number of aromatic nitrogens is 2. The van der Waals surface area contributed by atoms with Gasteiger partial charge >= 0.3 is 0 Å². The molecule has 1 saturated heterocycles. The van der Waals surface area contributed by atoms with Gasteiger partial charge in [0.2, 0.25) is 0 Å². The molecule has 0 bridgehead atoms. The molecule has 1 aromatic carbocycles. The van der Waals surface area contributed by atoms with Crippen molar-refractivity contribution in [3.63, 3.8) is 0 Å². The van der Waals surface area contributed by atoms with Gasteiger partial charge in [0.15, 0.2) is 5.82 Å². The molecule has 1 aromatic heterocycles. The van der Waals surface area contributed by atoms with Gasteiger partial charge in [0.1, 0.15) is 0 Å². The third-order valence-electron chi connectivity index (χ3n) is 5.73. The molecule has 2 aromatic rings. The first kappa shape index (κ1) is 16.5. The van der Waals surface area contributed by atoms with Crippen LogP contribution >= 0.6 is 0 Å². The van der Waals surface area contributed by atoms with Crippen molar-refractivity contribution >= 4 is 5.82 Å². The number of hydrogen-bond acceptors (Lipinski definition) is 4. The van der Waals surface area contributed by atoms with Crippen molar-refractivity contribution in [2.75, 3.05) is 25.5 Å². The molecule has 25 heavy (non-hydrogen) atoms. The summed E-state index contributed by atoms with van der Waals surface area (Å²) in [6, 6.07) is 11.5. The van der Waals surface area contributed by atoms with Gasteiger partial charge in [0, 0.05) is 18.2 Å². The van der Waals surface area contributed by atoms with Crippen LogP contribution in [0.1, 0.15) is 49.1 Å². The number of nitrogens with zero attached hydrogens (tertiary/aromatic N) is 3. The van der Waals surface area contributed by atoms with Gasteiger partial charge in [-0.3, -0.25) is 0 Å². The largest absolute Gasteiger partial charge is 0.364 e. The van der Waals surface area contributed by atoms with Crippen LogP contribution in [0.3, 0.4) is 0 Å². The van der Waals surface area contributed by atoms with Crippen LogP contribution in [0, 0.1) is 6.92 Å². The lowest BCUT2D eigenvalue weighted by atomic mass is 9.80. The molecule has 0 unspecified atom stereocenters. The summed E-state index contributed by atoms with van der Waals surface area (Å²) in [5.41, 5.74) is 4.76. The molecule has 4 rings (SSSR count). The van der Waals surface area contributed by atoms with E-state index >= 15 is 0 Å². The number of likely N-dealkylation sites (tertiary alicyclic amines) is 1. The average molecular weight is 336 g/mol. The Kier molecular flexibility index (Phi) is 4.71. The highest BCUT2D eigenvalue weighted by atomic mass is 15.2. The molecule has 4 heteroatoms. The van der Waals surface area contributed by atoms with Gasteiger partial charge in [0.05, 0.1) is 5.69 Å². The van der Waals surface area contributed by atoms with Crippen LogP contribution < -0.4 is 5.32 Å². The molecule has 0 amide bonds. The summed E-state index contributed by atoms with van der Waals surface area (Å²) in [7, 11) is 2.18. The molecule has 1 aliphatic carbocycles. The molecular formula is C21H28N4. The van der Waals surface area contributed by atoms with Crippen LogP contribution in [-0.2, 0) is 0 Å². The number of nitrogens with one attached hydrogen (secondary N) is 1. The molecule has 2 heterocycles. The van der Waals surface area contributed by atoms with Crippen molar-refractivity contribution < 1.29 is 0 Å². The highest BCUT2D eigenvalue weighted by Gasteiger charge is 2.20. The fourth-order valence-electron chi connectivity index (χ4n) is 3.91. The number of benzene rings is 1. The number of anilines is 1. The number of piperidine rings is 1. The van der Waals surface area contributed by atoms with Crippen LogP contribution in [0.2, 0.25) is 0 Å². The summed E-state index contributed by atoms with van der Waals surface area (Å²) >= 11 is 0. The zero-order valence-electron chi connectivity index (χ0n) is 15.3. The molecule has 1 atom stereocenters. The van der Waals surface area contributed by atoms with E-state index in [4.69, 9.17) is 0 Å². The third kappa shape index (κ3) is 3.69. The highest BCUT2D eigenvalue weighted by Crippen LogP contribution is 2.36. The Balaban J connectivity index is 1.47. The summed E-state index contributed by atoms with van der Waals surface area (Å²) in [6.07, 6.45) is 6.51. The number of aryl methyl sites for hydroxylation is 1. The predicted octanol–water partition coefficient (Wildman–Crippen LogP) is 4.23. The minimum atomic E-state index is 0.472. The van der Waals surface area contributed by atoms with E-state index in [9.17, 15) is 0 Å². The third-order valence-corrected chi connectivity index (χ3v) is 5.73. The van der Waals surface area contributed by atoms with Gasteiger partial charge in [-0.25, -0.2) is 0 Å². The van der Waals surface area contributed by atoms with E-state index in [2.05, 4.69) is 64.7 Å². The average Bonchev–Trinajstić information content (AvgIpc) is 2.56. The van der Waals surface area contributed by atoms with Crippen molar-refractivity contribution in [1.82, 2.24) is 15.1 Å². The molecule has 1 aliphatic heterocycles. The second kappa shape index (κ2) is 7.12. The minimum absolute atomic E-state index is 0.472. The highest BCUT2D eigenvalue weighted by molar-refractivity contribution is 5.62. The molecule has 2 fully saturated rings. The maximum atomic E-state index is 4.48. The first-order valence-electron chi connectivity index (χ1n) is 9.59. The van der Waals surface area contributed by atoms with E-state index in [0.717, 1.165) is 29.5 Å². The zero-order valence-corrected chi connectivity index (χ0v) is 15.3. The lowest BCUT2D eigenvalue weighted by molar-refractivity contribution is 0.260. The van der Waals surface area contributed by atoms with E-state index in [-0.39, 0.29) is 0 Å². The van der Waals surface area contributed by atoms with Gasteiger partial charge < -0.3 is 10.2 Å². The Morgan fingerprint density at radius 3 is 2.48 bits per heavy atom. The van der Waals surface area contributed by atoms with E-state index in [0.29, 0.717) is 6.04 Å². The summed E-state index contributed by atoms with van der Waals surface area (Å²) in [6.45, 7) is 4.39. The number of likely N-dealkylation sites (N-methyl/N-ethyl adjacent to an activating group) is 1. The van der Waals surface area contributed by atoms with Gasteiger partial charge in [-0.15, -0.1) is 10.2 Å². The van der Waals surface area contributed by atoms with E-state index in [1.807, 2.05) is 0 Å². The topological polar surface area (TPSA) is 41.1 Å². The van der Waals surface area contributed by atoms with E-state index in [1.165, 1.54) is 49.8 Å². The second-order valence-electron chi connectivity index (χ2n) is 7.76. The van der Waals surface area contributed by atoms with Crippen LogP contribution in [0.15, 0.2) is 30.3 Å². The summed E-state index contributed by atoms with van der Waals surface area (Å²) < 4.78 is 0. The standard InChI is InChI=1S/C21H28N4/c1-15-13-20(18-10-8-17(9-11-18)16-5-3-6-16)23-24-21(15)22-19-7-4-12-25(2)14-19/h8-11,13,16,19H,3-7,12,14H2,1-2H3,(H,22,24)/t19-/m1/s1. The minimum Gasteiger partial charge on any atom is -0.364 e. The van der Waals surface area contributed by atoms with Crippen molar-refractivity contribution in [2.24, 2.45) is 0 Å². The van der Waals surface area contributed by atoms with Crippen LogP contribution in [0.5, 0.6) is 0 Å². The monoisotopic (exact) mass is 336 g/mol. The van der Waals surface area contributed by atoms with Gasteiger partial charge in [-0.1, -0.05) is 30.7 Å². The van der Waals surface area contributed by atoms with E-state index in [1.54, 1.807) is 0 Å². The van der Waals surface area contributed by atoms with Gasteiger partial charge in [-0.05, 0) is 69.3 Å². The summed E-state index contributed by atoms with van der Waals surface area (Å²) in [5, 5.41) is 12.5.